The molecule has 7 heteroatoms. The third-order valence-electron chi connectivity index (χ3n) is 5.37. The van der Waals surface area contributed by atoms with Crippen molar-refractivity contribution < 1.29 is 18.7 Å². The molecule has 0 spiro atoms. The predicted molar refractivity (Wildman–Crippen MR) is 123 cm³/mol. The van der Waals surface area contributed by atoms with Crippen LogP contribution in [0.2, 0.25) is 0 Å². The highest BCUT2D eigenvalue weighted by molar-refractivity contribution is 5.89. The fourth-order valence-corrected chi connectivity index (χ4v) is 3.70. The number of para-hydroxylation sites is 2. The van der Waals surface area contributed by atoms with Gasteiger partial charge in [0.05, 0.1) is 12.8 Å². The van der Waals surface area contributed by atoms with Gasteiger partial charge in [-0.05, 0) is 42.0 Å². The zero-order valence-electron chi connectivity index (χ0n) is 18.0. The van der Waals surface area contributed by atoms with E-state index in [2.05, 4.69) is 10.2 Å². The van der Waals surface area contributed by atoms with Gasteiger partial charge in [0.2, 0.25) is 0 Å². The number of hydrogen-bond acceptors (Lipinski definition) is 4. The molecule has 0 bridgehead atoms. The van der Waals surface area contributed by atoms with Crippen molar-refractivity contribution in [2.24, 2.45) is 0 Å². The Morgan fingerprint density at radius 3 is 2.53 bits per heavy atom. The Morgan fingerprint density at radius 1 is 0.969 bits per heavy atom. The number of rotatable bonds is 6. The van der Waals surface area contributed by atoms with Crippen molar-refractivity contribution in [1.82, 2.24) is 4.90 Å². The molecule has 3 aromatic rings. The second kappa shape index (κ2) is 10.0. The normalized spacial score (nSPS) is 13.6. The molecule has 0 radical (unpaired) electrons. The highest BCUT2D eigenvalue weighted by atomic mass is 19.1. The molecule has 32 heavy (non-hydrogen) atoms. The summed E-state index contributed by atoms with van der Waals surface area (Å²) < 4.78 is 24.5. The van der Waals surface area contributed by atoms with Crippen molar-refractivity contribution in [3.63, 3.8) is 0 Å². The lowest BCUT2D eigenvalue weighted by atomic mass is 10.2. The maximum Gasteiger partial charge on any atom is 0.321 e. The average Bonchev–Trinajstić information content (AvgIpc) is 2.83. The van der Waals surface area contributed by atoms with Gasteiger partial charge < -0.3 is 24.6 Å². The summed E-state index contributed by atoms with van der Waals surface area (Å²) >= 11 is 0. The molecule has 0 saturated carbocycles. The third-order valence-corrected chi connectivity index (χ3v) is 5.37. The molecule has 2 amide bonds. The van der Waals surface area contributed by atoms with Gasteiger partial charge in [-0.2, -0.15) is 0 Å². The summed E-state index contributed by atoms with van der Waals surface area (Å²) in [4.78, 5) is 16.8. The predicted octanol–water partition coefficient (Wildman–Crippen LogP) is 4.77. The lowest BCUT2D eigenvalue weighted by molar-refractivity contribution is 0.208. The Kier molecular flexibility index (Phi) is 6.75. The van der Waals surface area contributed by atoms with Crippen LogP contribution in [0, 0.1) is 5.82 Å². The smallest absolute Gasteiger partial charge is 0.321 e. The molecule has 1 aliphatic rings. The number of nitrogens with zero attached hydrogens (tertiary/aromatic N) is 2. The van der Waals surface area contributed by atoms with Gasteiger partial charge in [-0.15, -0.1) is 0 Å². The van der Waals surface area contributed by atoms with Gasteiger partial charge in [0, 0.05) is 37.9 Å². The van der Waals surface area contributed by atoms with Crippen molar-refractivity contribution in [2.45, 2.75) is 6.61 Å². The Bertz CT molecular complexity index is 1070. The van der Waals surface area contributed by atoms with Crippen LogP contribution in [0.15, 0.2) is 72.8 Å². The van der Waals surface area contributed by atoms with E-state index in [0.29, 0.717) is 24.5 Å². The van der Waals surface area contributed by atoms with Crippen LogP contribution < -0.4 is 19.7 Å². The zero-order valence-corrected chi connectivity index (χ0v) is 18.0. The van der Waals surface area contributed by atoms with Crippen molar-refractivity contribution >= 4 is 17.4 Å². The number of ether oxygens (including phenoxy) is 2. The minimum Gasteiger partial charge on any atom is -0.495 e. The van der Waals surface area contributed by atoms with E-state index in [4.69, 9.17) is 9.47 Å². The van der Waals surface area contributed by atoms with E-state index in [1.807, 2.05) is 36.4 Å². The Balaban J connectivity index is 1.31. The second-order valence-corrected chi connectivity index (χ2v) is 7.52. The van der Waals surface area contributed by atoms with E-state index in [9.17, 15) is 9.18 Å². The van der Waals surface area contributed by atoms with Crippen LogP contribution in [0.5, 0.6) is 11.5 Å². The van der Waals surface area contributed by atoms with Crippen LogP contribution in [0.3, 0.4) is 0 Å². The van der Waals surface area contributed by atoms with E-state index < -0.39 is 0 Å². The second-order valence-electron chi connectivity index (χ2n) is 7.52. The molecule has 0 atom stereocenters. The molecule has 0 unspecified atom stereocenters. The number of methoxy groups -OCH3 is 1. The first-order valence-corrected chi connectivity index (χ1v) is 10.5. The quantitative estimate of drug-likeness (QED) is 0.606. The van der Waals surface area contributed by atoms with E-state index >= 15 is 0 Å². The highest BCUT2D eigenvalue weighted by Gasteiger charge is 2.23. The van der Waals surface area contributed by atoms with Gasteiger partial charge in [0.15, 0.2) is 0 Å². The van der Waals surface area contributed by atoms with Crippen LogP contribution >= 0.6 is 0 Å². The van der Waals surface area contributed by atoms with Crippen LogP contribution in [-0.4, -0.2) is 44.2 Å². The first kappa shape index (κ1) is 21.5. The molecule has 1 saturated heterocycles. The summed E-state index contributed by atoms with van der Waals surface area (Å²) in [6, 6.07) is 21.3. The van der Waals surface area contributed by atoms with Crippen LogP contribution in [0.4, 0.5) is 20.6 Å². The van der Waals surface area contributed by atoms with Crippen molar-refractivity contribution in [3.8, 4) is 11.5 Å². The van der Waals surface area contributed by atoms with Crippen LogP contribution in [0.1, 0.15) is 5.56 Å². The molecule has 1 heterocycles. The van der Waals surface area contributed by atoms with Gasteiger partial charge in [-0.3, -0.25) is 0 Å². The zero-order chi connectivity index (χ0) is 22.3. The lowest BCUT2D eigenvalue weighted by Crippen LogP contribution is -2.50. The summed E-state index contributed by atoms with van der Waals surface area (Å²) in [5, 5.41) is 2.94. The summed E-state index contributed by atoms with van der Waals surface area (Å²) in [7, 11) is 1.67. The van der Waals surface area contributed by atoms with E-state index in [-0.39, 0.29) is 18.5 Å². The topological polar surface area (TPSA) is 54.0 Å². The van der Waals surface area contributed by atoms with Crippen LogP contribution in [0.25, 0.3) is 0 Å². The Labute approximate surface area is 187 Å². The van der Waals surface area contributed by atoms with Crippen molar-refractivity contribution in [1.29, 1.82) is 0 Å². The SMILES string of the molecule is COc1ccccc1N1CCN(C(=O)Nc2cccc(OCc3cccc(F)c3)c2)CC1. The number of carbonyl (C=O) groups is 1. The minimum absolute atomic E-state index is 0.146. The Morgan fingerprint density at radius 2 is 1.75 bits per heavy atom. The van der Waals surface area contributed by atoms with Gasteiger partial charge in [0.25, 0.3) is 0 Å². The largest absolute Gasteiger partial charge is 0.495 e. The molecular weight excluding hydrogens is 409 g/mol. The molecule has 1 fully saturated rings. The number of hydrogen-bond donors (Lipinski definition) is 1. The number of urea groups is 1. The summed E-state index contributed by atoms with van der Waals surface area (Å²) in [6.45, 7) is 2.93. The minimum atomic E-state index is -0.294. The molecule has 166 valence electrons. The van der Waals surface area contributed by atoms with Gasteiger partial charge in [-0.1, -0.05) is 30.3 Å². The van der Waals surface area contributed by atoms with E-state index in [1.54, 1.807) is 36.3 Å². The molecule has 0 aliphatic carbocycles. The third kappa shape index (κ3) is 5.29. The first-order valence-electron chi connectivity index (χ1n) is 10.5. The molecular formula is C25H26FN3O3. The molecule has 1 aliphatic heterocycles. The molecule has 3 aromatic carbocycles. The maximum atomic E-state index is 13.3. The van der Waals surface area contributed by atoms with Gasteiger partial charge in [-0.25, -0.2) is 9.18 Å². The Hall–Kier alpha value is -3.74. The molecule has 6 nitrogen and oxygen atoms in total. The number of piperazine rings is 1. The highest BCUT2D eigenvalue weighted by Crippen LogP contribution is 2.28. The number of carbonyl (C=O) groups excluding carboxylic acids is 1. The average molecular weight is 435 g/mol. The van der Waals surface area contributed by atoms with Crippen LogP contribution in [-0.2, 0) is 6.61 Å². The fraction of sp³-hybridized carbons (Fsp3) is 0.240. The van der Waals surface area contributed by atoms with Crippen molar-refractivity contribution in [3.05, 3.63) is 84.2 Å². The number of anilines is 2. The summed E-state index contributed by atoms with van der Waals surface area (Å²) in [5.41, 5.74) is 2.43. The molecule has 1 N–H and O–H groups in total. The number of nitrogens with one attached hydrogen (secondary N) is 1. The molecule has 4 rings (SSSR count). The standard InChI is InChI=1S/C25H26FN3O3/c1-31-24-11-3-2-10-23(24)28-12-14-29(15-13-28)25(30)27-21-8-5-9-22(17-21)32-18-19-6-4-7-20(26)16-19/h2-11,16-17H,12-15,18H2,1H3,(H,27,30). The number of halogens is 1. The van der Waals surface area contributed by atoms with Gasteiger partial charge in [0.1, 0.15) is 23.9 Å². The first-order chi connectivity index (χ1) is 15.6. The molecule has 0 aromatic heterocycles. The van der Waals surface area contributed by atoms with E-state index in [1.165, 1.54) is 12.1 Å². The monoisotopic (exact) mass is 435 g/mol. The summed E-state index contributed by atoms with van der Waals surface area (Å²) in [6.07, 6.45) is 0. The lowest BCUT2D eigenvalue weighted by Gasteiger charge is -2.36. The summed E-state index contributed by atoms with van der Waals surface area (Å²) in [5.74, 6) is 1.14. The maximum absolute atomic E-state index is 13.3. The fourth-order valence-electron chi connectivity index (χ4n) is 3.70. The van der Waals surface area contributed by atoms with Crippen molar-refractivity contribution in [2.75, 3.05) is 43.5 Å². The number of amides is 2. The van der Waals surface area contributed by atoms with E-state index in [0.717, 1.165) is 30.1 Å². The van der Waals surface area contributed by atoms with Gasteiger partial charge >= 0.3 is 6.03 Å². The number of benzene rings is 3.